The van der Waals surface area contributed by atoms with Crippen LogP contribution in [0.4, 0.5) is 14.4 Å². The van der Waals surface area contributed by atoms with Gasteiger partial charge in [-0.3, -0.25) is 14.4 Å². The Morgan fingerprint density at radius 2 is 1.33 bits per heavy atom. The van der Waals surface area contributed by atoms with Gasteiger partial charge in [0, 0.05) is 49.0 Å². The number of alkyl carbamates (subject to hydrolysis) is 1. The van der Waals surface area contributed by atoms with Crippen LogP contribution in [0.25, 0.3) is 0 Å². The molecule has 18 nitrogen and oxygen atoms in total. The molecular weight excluding hydrogens is 1010 g/mol. The summed E-state index contributed by atoms with van der Waals surface area (Å²) in [5.74, 6) is -6.40. The number of ether oxygens (including phenoxy) is 8. The number of Topliss-reactive ketones (excluding diaryl/α,β-unsaturated/α-hetero) is 2. The summed E-state index contributed by atoms with van der Waals surface area (Å²) in [5, 5.41) is 29.7. The molecule has 0 spiro atoms. The van der Waals surface area contributed by atoms with Gasteiger partial charge in [-0.25, -0.2) is 19.2 Å². The van der Waals surface area contributed by atoms with Gasteiger partial charge in [-0.05, 0) is 62.5 Å². The first kappa shape index (κ1) is 56.8. The summed E-state index contributed by atoms with van der Waals surface area (Å²) >= 11 is 0. The van der Waals surface area contributed by atoms with Crippen LogP contribution in [0, 0.1) is 22.7 Å². The second-order valence-corrected chi connectivity index (χ2v) is 22.2. The molecule has 4 aliphatic rings. The van der Waals surface area contributed by atoms with Gasteiger partial charge in [0.2, 0.25) is 6.10 Å². The van der Waals surface area contributed by atoms with Gasteiger partial charge in [0.05, 0.1) is 17.6 Å². The topological polar surface area (TPSA) is 246 Å². The van der Waals surface area contributed by atoms with Gasteiger partial charge in [-0.15, -0.1) is 0 Å². The standard InChI is InChI=1S/C60H67NO17/c1-35-43(74-52(66)49(76-55(69)72-33-38-23-15-10-16-24-38)47(40-27-19-12-20-28-40)61-53(67)78-56(3,4)5)31-60(70)41(29-42(63)39-25-17-11-18-26-39)50-58(8,51(65)48(64)46(35)57(60,6)7)44(30-45-59(50,34-73-45)77-36(2)62)75-54(68)71-32-37-21-13-9-14-22-37/h9-28,41,43-45,47-50,64,70H,29-34H2,1-8H3,(H,61,67)/t41?,43-,44-,45+,47-,48+,49+,50?,58+,59-,60+/m0/s1. The smallest absolute Gasteiger partial charge is 0.455 e. The summed E-state index contributed by atoms with van der Waals surface area (Å²) in [5.41, 5.74) is -7.06. The Bertz CT molecular complexity index is 2910. The van der Waals surface area contributed by atoms with Gasteiger partial charge >= 0.3 is 30.3 Å². The maximum Gasteiger partial charge on any atom is 0.509 e. The highest BCUT2D eigenvalue weighted by Gasteiger charge is 2.77. The van der Waals surface area contributed by atoms with Crippen molar-refractivity contribution in [1.82, 2.24) is 5.32 Å². The lowest BCUT2D eigenvalue weighted by Crippen LogP contribution is -2.80. The van der Waals surface area contributed by atoms with Crippen LogP contribution in [0.1, 0.15) is 108 Å². The van der Waals surface area contributed by atoms with E-state index in [4.69, 9.17) is 37.9 Å². The zero-order valence-corrected chi connectivity index (χ0v) is 44.9. The molecule has 1 heterocycles. The lowest BCUT2D eigenvalue weighted by atomic mass is 9.41. The van der Waals surface area contributed by atoms with Gasteiger partial charge in [-0.2, -0.15) is 0 Å². The Morgan fingerprint density at radius 3 is 1.87 bits per heavy atom. The zero-order chi connectivity index (χ0) is 56.4. The van der Waals surface area contributed by atoms with E-state index in [1.165, 1.54) is 20.8 Å². The molecule has 3 aliphatic carbocycles. The minimum atomic E-state index is -2.31. The summed E-state index contributed by atoms with van der Waals surface area (Å²) in [6, 6.07) is 32.3. The van der Waals surface area contributed by atoms with E-state index in [1.807, 2.05) is 0 Å². The number of fused-ring (bicyclic) bond motifs is 5. The van der Waals surface area contributed by atoms with E-state index in [9.17, 15) is 34.2 Å². The predicted molar refractivity (Wildman–Crippen MR) is 278 cm³/mol. The van der Waals surface area contributed by atoms with Gasteiger partial charge in [-0.1, -0.05) is 135 Å². The molecule has 414 valence electrons. The minimum absolute atomic E-state index is 0.0824. The van der Waals surface area contributed by atoms with Crippen molar-refractivity contribution in [2.24, 2.45) is 22.7 Å². The van der Waals surface area contributed by atoms with Crippen molar-refractivity contribution in [3.8, 4) is 0 Å². The minimum Gasteiger partial charge on any atom is -0.455 e. The molecule has 2 bridgehead atoms. The fourth-order valence-electron chi connectivity index (χ4n) is 12.2. The highest BCUT2D eigenvalue weighted by Crippen LogP contribution is 2.66. The molecule has 3 N–H and O–H groups in total. The number of rotatable bonds is 15. The van der Waals surface area contributed by atoms with Crippen LogP contribution in [0.5, 0.6) is 0 Å². The van der Waals surface area contributed by atoms with Crippen molar-refractivity contribution in [3.05, 3.63) is 155 Å². The van der Waals surface area contributed by atoms with E-state index < -0.39 is 131 Å². The Balaban J connectivity index is 1.26. The van der Waals surface area contributed by atoms with Crippen molar-refractivity contribution in [2.75, 3.05) is 6.61 Å². The first-order valence-corrected chi connectivity index (χ1v) is 25.9. The number of hydrogen-bond donors (Lipinski definition) is 3. The van der Waals surface area contributed by atoms with Crippen LogP contribution < -0.4 is 5.32 Å². The van der Waals surface area contributed by atoms with Crippen LogP contribution in [-0.4, -0.2) is 106 Å². The van der Waals surface area contributed by atoms with Crippen molar-refractivity contribution in [3.63, 3.8) is 0 Å². The fourth-order valence-corrected chi connectivity index (χ4v) is 12.2. The maximum absolute atomic E-state index is 15.9. The van der Waals surface area contributed by atoms with E-state index in [1.54, 1.807) is 156 Å². The Labute approximate surface area is 452 Å². The summed E-state index contributed by atoms with van der Waals surface area (Å²) in [6.45, 7) is 11.5. The number of hydrogen-bond acceptors (Lipinski definition) is 17. The average Bonchev–Trinajstić information content (AvgIpc) is 3.40. The van der Waals surface area contributed by atoms with Crippen molar-refractivity contribution < 1.29 is 81.7 Å². The van der Waals surface area contributed by atoms with Crippen LogP contribution in [0.2, 0.25) is 0 Å². The summed E-state index contributed by atoms with van der Waals surface area (Å²) in [7, 11) is 0. The van der Waals surface area contributed by atoms with Crippen molar-refractivity contribution in [1.29, 1.82) is 0 Å². The highest BCUT2D eigenvalue weighted by molar-refractivity contribution is 5.97. The summed E-state index contributed by atoms with van der Waals surface area (Å²) < 4.78 is 47.4. The number of amides is 1. The number of ketones is 2. The van der Waals surface area contributed by atoms with Crippen LogP contribution in [-0.2, 0) is 65.5 Å². The zero-order valence-electron chi connectivity index (χ0n) is 44.9. The van der Waals surface area contributed by atoms with E-state index in [-0.39, 0.29) is 48.5 Å². The SMILES string of the molecule is CC(=O)O[C@@]12CO[C@@H]1C[C@H](OC(=O)OCc1ccccc1)[C@@]1(C)C(=O)[C@H](O)C3=C(C)[C@@H](OC(=O)[C@H](OC(=O)OCc4ccccc4)[C@@H](NC(=O)OC(C)(C)C)c4ccccc4)C[C@@](O)(C(CC(=O)c4ccccc4)C12)C3(C)C. The molecule has 3 fully saturated rings. The molecule has 4 aromatic rings. The molecule has 4 aromatic carbocycles. The molecule has 78 heavy (non-hydrogen) atoms. The predicted octanol–water partition coefficient (Wildman–Crippen LogP) is 8.65. The third-order valence-corrected chi connectivity index (χ3v) is 15.9. The number of carbonyl (C=O) groups excluding carboxylic acids is 7. The molecule has 1 aliphatic heterocycles. The second-order valence-electron chi connectivity index (χ2n) is 22.2. The van der Waals surface area contributed by atoms with E-state index >= 15 is 9.59 Å². The van der Waals surface area contributed by atoms with E-state index in [0.29, 0.717) is 11.1 Å². The number of nitrogens with one attached hydrogen (secondary N) is 1. The number of aliphatic hydroxyl groups is 2. The molecule has 1 saturated heterocycles. The van der Waals surface area contributed by atoms with Gasteiger partial charge in [0.1, 0.15) is 49.3 Å². The first-order valence-electron chi connectivity index (χ1n) is 25.9. The molecule has 2 saturated carbocycles. The van der Waals surface area contributed by atoms with Crippen molar-refractivity contribution >= 4 is 41.9 Å². The van der Waals surface area contributed by atoms with Crippen LogP contribution in [0.3, 0.4) is 0 Å². The molecule has 0 radical (unpaired) electrons. The van der Waals surface area contributed by atoms with E-state index in [0.717, 1.165) is 0 Å². The fraction of sp³-hybridized carbons (Fsp3) is 0.450. The van der Waals surface area contributed by atoms with Gasteiger partial charge in [0.25, 0.3) is 0 Å². The highest BCUT2D eigenvalue weighted by atomic mass is 16.7. The van der Waals surface area contributed by atoms with E-state index in [2.05, 4.69) is 5.32 Å². The number of benzene rings is 4. The summed E-state index contributed by atoms with van der Waals surface area (Å²) in [6.07, 6.45) is -13.0. The number of esters is 2. The lowest BCUT2D eigenvalue weighted by molar-refractivity contribution is -0.339. The quantitative estimate of drug-likeness (QED) is 0.0436. The lowest BCUT2D eigenvalue weighted by Gasteiger charge is -2.68. The van der Waals surface area contributed by atoms with Gasteiger partial charge < -0.3 is 53.4 Å². The third kappa shape index (κ3) is 11.3. The number of carbonyl (C=O) groups is 7. The normalized spacial score (nSPS) is 27.7. The number of aliphatic hydroxyl groups excluding tert-OH is 1. The monoisotopic (exact) mass is 1070 g/mol. The molecule has 1 amide bonds. The Morgan fingerprint density at radius 1 is 0.782 bits per heavy atom. The maximum atomic E-state index is 15.9. The van der Waals surface area contributed by atoms with Crippen LogP contribution >= 0.6 is 0 Å². The molecule has 2 unspecified atom stereocenters. The molecule has 18 heteroatoms. The van der Waals surface area contributed by atoms with Gasteiger partial charge in [0.15, 0.2) is 17.2 Å². The summed E-state index contributed by atoms with van der Waals surface area (Å²) in [4.78, 5) is 101. The second kappa shape index (κ2) is 22.5. The van der Waals surface area contributed by atoms with Crippen LogP contribution in [0.15, 0.2) is 132 Å². The first-order chi connectivity index (χ1) is 36.9. The molecule has 11 atom stereocenters. The average molecular weight is 1070 g/mol. The Kier molecular flexibility index (Phi) is 16.4. The van der Waals surface area contributed by atoms with Crippen molar-refractivity contribution in [2.45, 2.75) is 141 Å². The largest absolute Gasteiger partial charge is 0.509 e. The molecule has 0 aromatic heterocycles. The Hall–Kier alpha value is -7.41. The third-order valence-electron chi connectivity index (χ3n) is 15.9. The molecule has 8 rings (SSSR count). The molecular formula is C60H67NO17.